The smallest absolute Gasteiger partial charge is 0.178 e. The highest BCUT2D eigenvalue weighted by atomic mass is 35.5. The van der Waals surface area contributed by atoms with Crippen molar-refractivity contribution in [3.63, 3.8) is 0 Å². The van der Waals surface area contributed by atoms with Crippen LogP contribution in [0.3, 0.4) is 0 Å². The molecule has 0 bridgehead atoms. The third kappa shape index (κ3) is 15.8. The molecule has 1 heterocycles. The van der Waals surface area contributed by atoms with Gasteiger partial charge in [0.1, 0.15) is 0 Å². The van der Waals surface area contributed by atoms with Crippen molar-refractivity contribution in [3.8, 4) is 0 Å². The Labute approximate surface area is 175 Å². The van der Waals surface area contributed by atoms with Gasteiger partial charge in [-0.2, -0.15) is 0 Å². The van der Waals surface area contributed by atoms with Crippen molar-refractivity contribution in [3.05, 3.63) is 0 Å². The van der Waals surface area contributed by atoms with Crippen LogP contribution in [0.1, 0.15) is 109 Å². The lowest BCUT2D eigenvalue weighted by molar-refractivity contribution is 0.286. The summed E-state index contributed by atoms with van der Waals surface area (Å²) in [6.45, 7) is 1.01. The second-order valence-electron chi connectivity index (χ2n) is 8.25. The van der Waals surface area contributed by atoms with Crippen LogP contribution in [0.15, 0.2) is 0 Å². The first-order valence-electron chi connectivity index (χ1n) is 11.6. The molecule has 1 aliphatic rings. The van der Waals surface area contributed by atoms with E-state index in [0.717, 1.165) is 12.5 Å². The molecule has 26 heavy (non-hydrogen) atoms. The highest BCUT2D eigenvalue weighted by Crippen LogP contribution is 2.22. The lowest BCUT2D eigenvalue weighted by Crippen LogP contribution is -2.26. The number of unbranched alkanes of at least 4 members (excludes halogenated alkanes) is 13. The fraction of sp³-hybridized carbons (Fsp3) is 1.00. The lowest BCUT2D eigenvalue weighted by atomic mass is 10.0. The maximum absolute atomic E-state index is 6.52. The van der Waals surface area contributed by atoms with Crippen LogP contribution in [0.25, 0.3) is 0 Å². The first kappa shape index (κ1) is 24.8. The number of hydrogen-bond donors (Lipinski definition) is 0. The van der Waals surface area contributed by atoms with E-state index in [4.69, 9.17) is 27.6 Å². The first-order valence-corrected chi connectivity index (χ1v) is 14.7. The largest absolute Gasteiger partial charge is 0.420 e. The van der Waals surface area contributed by atoms with E-state index in [9.17, 15) is 0 Å². The predicted octanol–water partition coefficient (Wildman–Crippen LogP) is 8.22. The Kier molecular flexibility index (Phi) is 18.2. The van der Waals surface area contributed by atoms with Gasteiger partial charge in [-0.05, 0) is 31.4 Å². The predicted molar refractivity (Wildman–Crippen MR) is 122 cm³/mol. The Bertz CT molecular complexity index is 285. The molecular weight excluding hydrogens is 379 g/mol. The van der Waals surface area contributed by atoms with Crippen LogP contribution >= 0.6 is 23.2 Å². The average molecular weight is 424 g/mol. The summed E-state index contributed by atoms with van der Waals surface area (Å²) in [5.74, 6) is 0.837. The molecule has 1 saturated heterocycles. The quantitative estimate of drug-likeness (QED) is 0.123. The van der Waals surface area contributed by atoms with Crippen LogP contribution in [0.2, 0.25) is 12.1 Å². The van der Waals surface area contributed by atoms with E-state index in [2.05, 4.69) is 0 Å². The molecular formula is C22H44Cl2OSi. The highest BCUT2D eigenvalue weighted by molar-refractivity contribution is 6.53. The average Bonchev–Trinajstić information content (AvgIpc) is 2.65. The molecule has 1 nitrogen and oxygen atoms in total. The minimum atomic E-state index is -0.916. The van der Waals surface area contributed by atoms with Crippen LogP contribution in [0, 0.1) is 0 Å². The second-order valence-corrected chi connectivity index (χ2v) is 11.9. The minimum absolute atomic E-state index is 0.389. The molecule has 0 N–H and O–H groups in total. The van der Waals surface area contributed by atoms with E-state index < -0.39 is 9.04 Å². The van der Waals surface area contributed by atoms with Crippen molar-refractivity contribution in [2.75, 3.05) is 12.5 Å². The van der Waals surface area contributed by atoms with Crippen LogP contribution in [0.4, 0.5) is 0 Å². The number of halogens is 2. The SMILES string of the molecule is ClCCCCCCCCCCCCCCCCC(Cl)C[SiH]1CCCCO1. The van der Waals surface area contributed by atoms with Crippen LogP contribution in [0.5, 0.6) is 0 Å². The van der Waals surface area contributed by atoms with Crippen molar-refractivity contribution >= 4 is 32.2 Å². The Morgan fingerprint density at radius 1 is 0.692 bits per heavy atom. The van der Waals surface area contributed by atoms with Crippen molar-refractivity contribution in [1.82, 2.24) is 0 Å². The van der Waals surface area contributed by atoms with Gasteiger partial charge in [-0.25, -0.2) is 0 Å². The number of alkyl halides is 2. The van der Waals surface area contributed by atoms with Gasteiger partial charge >= 0.3 is 0 Å². The Morgan fingerprint density at radius 2 is 1.19 bits per heavy atom. The zero-order valence-electron chi connectivity index (χ0n) is 17.2. The Hall–Kier alpha value is 0.757. The molecule has 0 aromatic rings. The van der Waals surface area contributed by atoms with E-state index in [1.165, 1.54) is 121 Å². The van der Waals surface area contributed by atoms with E-state index in [1.807, 2.05) is 0 Å². The third-order valence-corrected chi connectivity index (χ3v) is 9.51. The summed E-state index contributed by atoms with van der Waals surface area (Å²) in [6, 6.07) is 2.56. The standard InChI is InChI=1S/C22H44Cl2OSi/c23-18-14-12-10-8-6-4-2-1-3-5-7-9-11-13-17-22(24)21-26-20-16-15-19-25-26/h22,26H,1-21H2. The van der Waals surface area contributed by atoms with Gasteiger partial charge < -0.3 is 4.43 Å². The van der Waals surface area contributed by atoms with Crippen molar-refractivity contribution in [2.24, 2.45) is 0 Å². The van der Waals surface area contributed by atoms with E-state index in [0.29, 0.717) is 5.38 Å². The van der Waals surface area contributed by atoms with Gasteiger partial charge in [0.2, 0.25) is 0 Å². The maximum atomic E-state index is 6.52. The molecule has 1 fully saturated rings. The molecule has 0 radical (unpaired) electrons. The van der Waals surface area contributed by atoms with Crippen LogP contribution in [-0.2, 0) is 4.43 Å². The minimum Gasteiger partial charge on any atom is -0.420 e. The van der Waals surface area contributed by atoms with Gasteiger partial charge in [-0.1, -0.05) is 89.9 Å². The Morgan fingerprint density at radius 3 is 1.65 bits per heavy atom. The summed E-state index contributed by atoms with van der Waals surface area (Å²) in [5, 5.41) is 0.389. The monoisotopic (exact) mass is 422 g/mol. The second kappa shape index (κ2) is 19.1. The zero-order chi connectivity index (χ0) is 18.7. The first-order chi connectivity index (χ1) is 12.8. The fourth-order valence-corrected chi connectivity index (χ4v) is 7.51. The molecule has 0 aliphatic carbocycles. The van der Waals surface area contributed by atoms with E-state index in [1.54, 1.807) is 0 Å². The zero-order valence-corrected chi connectivity index (χ0v) is 19.8. The summed E-state index contributed by atoms with van der Waals surface area (Å²) in [4.78, 5) is 0. The molecule has 0 aromatic heterocycles. The van der Waals surface area contributed by atoms with Gasteiger partial charge in [0, 0.05) is 17.9 Å². The molecule has 0 aromatic carbocycles. The molecule has 0 amide bonds. The summed E-state index contributed by atoms with van der Waals surface area (Å²) in [7, 11) is -0.916. The van der Waals surface area contributed by atoms with Crippen molar-refractivity contribution < 1.29 is 4.43 Å². The van der Waals surface area contributed by atoms with Gasteiger partial charge in [0.05, 0.1) is 0 Å². The van der Waals surface area contributed by atoms with E-state index in [-0.39, 0.29) is 0 Å². The summed E-state index contributed by atoms with van der Waals surface area (Å²) in [5.41, 5.74) is 0. The third-order valence-electron chi connectivity index (χ3n) is 5.69. The molecule has 2 atom stereocenters. The lowest BCUT2D eigenvalue weighted by Gasteiger charge is -2.23. The summed E-state index contributed by atoms with van der Waals surface area (Å²) < 4.78 is 5.93. The normalized spacial score (nSPS) is 18.9. The number of hydrogen-bond acceptors (Lipinski definition) is 1. The van der Waals surface area contributed by atoms with Crippen molar-refractivity contribution in [1.29, 1.82) is 0 Å². The fourth-order valence-electron chi connectivity index (χ4n) is 3.98. The molecule has 1 aliphatic heterocycles. The molecule has 0 saturated carbocycles. The molecule has 2 unspecified atom stereocenters. The number of rotatable bonds is 18. The molecule has 4 heteroatoms. The summed E-state index contributed by atoms with van der Waals surface area (Å²) >= 11 is 12.2. The maximum Gasteiger partial charge on any atom is 0.178 e. The highest BCUT2D eigenvalue weighted by Gasteiger charge is 2.19. The topological polar surface area (TPSA) is 9.23 Å². The molecule has 156 valence electrons. The van der Waals surface area contributed by atoms with Gasteiger partial charge in [0.25, 0.3) is 0 Å². The van der Waals surface area contributed by atoms with Gasteiger partial charge in [-0.15, -0.1) is 23.2 Å². The Balaban J connectivity index is 1.72. The van der Waals surface area contributed by atoms with E-state index >= 15 is 0 Å². The summed E-state index contributed by atoms with van der Waals surface area (Å²) in [6.07, 6.45) is 23.3. The van der Waals surface area contributed by atoms with Gasteiger partial charge in [-0.3, -0.25) is 0 Å². The van der Waals surface area contributed by atoms with Crippen LogP contribution < -0.4 is 0 Å². The van der Waals surface area contributed by atoms with Crippen molar-refractivity contribution in [2.45, 2.75) is 127 Å². The molecule has 0 spiro atoms. The van der Waals surface area contributed by atoms with Gasteiger partial charge in [0.15, 0.2) is 9.04 Å². The van der Waals surface area contributed by atoms with Crippen LogP contribution in [-0.4, -0.2) is 26.9 Å². The molecule has 1 rings (SSSR count).